The minimum Gasteiger partial charge on any atom is -0.325 e. The summed E-state index contributed by atoms with van der Waals surface area (Å²) in [6, 6.07) is 24.2. The fourth-order valence-electron chi connectivity index (χ4n) is 7.02. The van der Waals surface area contributed by atoms with Gasteiger partial charge in [0.25, 0.3) is 11.8 Å². The highest BCUT2D eigenvalue weighted by atomic mass is 16.2. The first kappa shape index (κ1) is 21.2. The molecule has 7 rings (SSSR count). The third-order valence-corrected chi connectivity index (χ3v) is 8.54. The van der Waals surface area contributed by atoms with Crippen LogP contribution in [0.4, 0.5) is 0 Å². The van der Waals surface area contributed by atoms with Gasteiger partial charge >= 0.3 is 0 Å². The van der Waals surface area contributed by atoms with Crippen LogP contribution in [0.15, 0.2) is 84.9 Å². The highest BCUT2D eigenvalue weighted by Crippen LogP contribution is 2.56. The van der Waals surface area contributed by atoms with Crippen molar-refractivity contribution in [2.75, 3.05) is 0 Å². The van der Waals surface area contributed by atoms with E-state index in [1.807, 2.05) is 70.5 Å². The number of hydrogen-bond acceptors (Lipinski definition) is 4. The second kappa shape index (κ2) is 7.72. The number of carbonyl (C=O) groups is 4. The van der Waals surface area contributed by atoms with Crippen molar-refractivity contribution in [2.24, 2.45) is 11.8 Å². The van der Waals surface area contributed by atoms with Crippen LogP contribution in [0.2, 0.25) is 0 Å². The van der Waals surface area contributed by atoms with Gasteiger partial charge in [0.2, 0.25) is 0 Å². The largest absolute Gasteiger partial charge is 0.325 e. The van der Waals surface area contributed by atoms with Gasteiger partial charge in [0.15, 0.2) is 0 Å². The number of benzene rings is 3. The van der Waals surface area contributed by atoms with Gasteiger partial charge in [-0.3, -0.25) is 19.2 Å². The molecule has 3 fully saturated rings. The van der Waals surface area contributed by atoms with Crippen LogP contribution in [-0.4, -0.2) is 45.3 Å². The first-order chi connectivity index (χ1) is 17.6. The highest BCUT2D eigenvalue weighted by molar-refractivity contribution is 6.10. The number of rotatable bonds is 2. The standard InChI is InChI=1S/C30H24N2O4/c33-23-15-21(17-9-3-1-4-10-17)31-27-25(23)26-24(34)16-22(18-11-5-2-6-12-18)32(28(26)27)30(36)20-14-8-7-13-19(20)29(31)35/h1-14,21-22,25-28H,15-16H2/t21-,22-,25-,26+,27-,28+/m1/s1. The lowest BCUT2D eigenvalue weighted by Crippen LogP contribution is -2.79. The Labute approximate surface area is 208 Å². The van der Waals surface area contributed by atoms with Crippen LogP contribution in [0, 0.1) is 11.8 Å². The van der Waals surface area contributed by atoms with Gasteiger partial charge in [-0.25, -0.2) is 0 Å². The Kier molecular flexibility index (Phi) is 4.55. The van der Waals surface area contributed by atoms with E-state index >= 15 is 0 Å². The first-order valence-corrected chi connectivity index (χ1v) is 12.5. The summed E-state index contributed by atoms with van der Waals surface area (Å²) in [7, 11) is 0. The fraction of sp³-hybridized carbons (Fsp3) is 0.267. The lowest BCUT2D eigenvalue weighted by molar-refractivity contribution is -0.174. The maximum absolute atomic E-state index is 14.1. The van der Waals surface area contributed by atoms with Crippen LogP contribution >= 0.6 is 0 Å². The fourth-order valence-corrected chi connectivity index (χ4v) is 7.02. The second-order valence-corrected chi connectivity index (χ2v) is 10.2. The summed E-state index contributed by atoms with van der Waals surface area (Å²) >= 11 is 0. The van der Waals surface area contributed by atoms with Gasteiger partial charge in [0, 0.05) is 12.8 Å². The van der Waals surface area contributed by atoms with E-state index in [0.717, 1.165) is 11.1 Å². The molecule has 0 bridgehead atoms. The van der Waals surface area contributed by atoms with E-state index in [2.05, 4.69) is 0 Å². The van der Waals surface area contributed by atoms with Crippen molar-refractivity contribution in [3.63, 3.8) is 0 Å². The van der Waals surface area contributed by atoms with Crippen LogP contribution in [0.25, 0.3) is 0 Å². The number of hydrogen-bond donors (Lipinski definition) is 0. The highest BCUT2D eigenvalue weighted by Gasteiger charge is 2.69. The topological polar surface area (TPSA) is 74.8 Å². The molecule has 0 N–H and O–H groups in total. The lowest BCUT2D eigenvalue weighted by atomic mass is 9.54. The minimum absolute atomic E-state index is 0.00641. The van der Waals surface area contributed by atoms with Gasteiger partial charge < -0.3 is 9.80 Å². The monoisotopic (exact) mass is 476 g/mol. The van der Waals surface area contributed by atoms with Gasteiger partial charge in [0.05, 0.1) is 47.1 Å². The number of carbonyl (C=O) groups excluding carboxylic acids is 4. The molecule has 3 heterocycles. The van der Waals surface area contributed by atoms with Crippen molar-refractivity contribution in [1.29, 1.82) is 0 Å². The molecule has 6 atom stereocenters. The summed E-state index contributed by atoms with van der Waals surface area (Å²) in [5.74, 6) is -1.61. The Morgan fingerprint density at radius 3 is 1.25 bits per heavy atom. The average Bonchev–Trinajstić information content (AvgIpc) is 2.90. The maximum atomic E-state index is 14.1. The van der Waals surface area contributed by atoms with Crippen molar-refractivity contribution in [3.05, 3.63) is 107 Å². The molecular formula is C30H24N2O4. The smallest absolute Gasteiger partial charge is 0.255 e. The van der Waals surface area contributed by atoms with Crippen LogP contribution in [0.3, 0.4) is 0 Å². The van der Waals surface area contributed by atoms with E-state index in [1.165, 1.54) is 0 Å². The Bertz CT molecular complexity index is 1310. The molecule has 1 saturated carbocycles. The number of fused-ring (bicyclic) bond motifs is 2. The van der Waals surface area contributed by atoms with Crippen molar-refractivity contribution in [2.45, 2.75) is 37.0 Å². The maximum Gasteiger partial charge on any atom is 0.255 e. The van der Waals surface area contributed by atoms with E-state index in [0.29, 0.717) is 11.1 Å². The van der Waals surface area contributed by atoms with Crippen molar-refractivity contribution in [3.8, 4) is 0 Å². The molecule has 0 unspecified atom stereocenters. The summed E-state index contributed by atoms with van der Waals surface area (Å²) in [6.45, 7) is 0. The Hall–Kier alpha value is -4.06. The summed E-state index contributed by atoms with van der Waals surface area (Å²) in [4.78, 5) is 58.9. The Morgan fingerprint density at radius 2 is 0.861 bits per heavy atom. The molecule has 0 aromatic heterocycles. The zero-order valence-corrected chi connectivity index (χ0v) is 19.5. The molecule has 3 aliphatic heterocycles. The molecule has 3 aromatic carbocycles. The normalized spacial score (nSPS) is 30.7. The molecule has 6 heteroatoms. The number of Topliss-reactive ketones (excluding diaryl/α,β-unsaturated/α-hetero) is 2. The lowest BCUT2D eigenvalue weighted by Gasteiger charge is -2.65. The van der Waals surface area contributed by atoms with Gasteiger partial charge in [0.1, 0.15) is 11.6 Å². The zero-order chi connectivity index (χ0) is 24.6. The number of nitrogens with zero attached hydrogens (tertiary/aromatic N) is 2. The third kappa shape index (κ3) is 2.78. The molecule has 3 aromatic rings. The predicted octanol–water partition coefficient (Wildman–Crippen LogP) is 4.00. The minimum atomic E-state index is -0.566. The Balaban J connectivity index is 1.46. The number of ketones is 2. The third-order valence-electron chi connectivity index (χ3n) is 8.54. The molecule has 6 nitrogen and oxygen atoms in total. The van der Waals surface area contributed by atoms with Gasteiger partial charge in [-0.05, 0) is 23.3 Å². The molecule has 4 aliphatic rings. The number of amides is 2. The molecule has 2 saturated heterocycles. The van der Waals surface area contributed by atoms with Crippen molar-refractivity contribution >= 4 is 23.4 Å². The number of piperidine rings is 2. The van der Waals surface area contributed by atoms with Gasteiger partial charge in [-0.15, -0.1) is 0 Å². The summed E-state index contributed by atoms with van der Waals surface area (Å²) in [5, 5.41) is 0. The molecule has 2 amide bonds. The molecule has 178 valence electrons. The second-order valence-electron chi connectivity index (χ2n) is 10.2. The average molecular weight is 477 g/mol. The van der Waals surface area contributed by atoms with E-state index in [1.54, 1.807) is 24.3 Å². The Morgan fingerprint density at radius 1 is 0.500 bits per heavy atom. The van der Waals surface area contributed by atoms with Crippen molar-refractivity contribution < 1.29 is 19.2 Å². The molecule has 0 radical (unpaired) electrons. The molecule has 0 spiro atoms. The van der Waals surface area contributed by atoms with Crippen LogP contribution in [-0.2, 0) is 9.59 Å². The van der Waals surface area contributed by atoms with Crippen LogP contribution in [0.5, 0.6) is 0 Å². The molecular weight excluding hydrogens is 452 g/mol. The van der Waals surface area contributed by atoms with E-state index in [-0.39, 0.29) is 36.2 Å². The first-order valence-electron chi connectivity index (χ1n) is 12.5. The summed E-state index contributed by atoms with van der Waals surface area (Å²) in [6.07, 6.45) is 0.345. The predicted molar refractivity (Wildman–Crippen MR) is 131 cm³/mol. The van der Waals surface area contributed by atoms with E-state index < -0.39 is 36.0 Å². The van der Waals surface area contributed by atoms with Crippen molar-refractivity contribution in [1.82, 2.24) is 9.80 Å². The van der Waals surface area contributed by atoms with Crippen LogP contribution in [0.1, 0.15) is 56.8 Å². The van der Waals surface area contributed by atoms with Gasteiger partial charge in [-0.2, -0.15) is 0 Å². The van der Waals surface area contributed by atoms with E-state index in [9.17, 15) is 19.2 Å². The molecule has 36 heavy (non-hydrogen) atoms. The van der Waals surface area contributed by atoms with Gasteiger partial charge in [-0.1, -0.05) is 72.8 Å². The quantitative estimate of drug-likeness (QED) is 0.561. The summed E-state index contributed by atoms with van der Waals surface area (Å²) < 4.78 is 0. The zero-order valence-electron chi connectivity index (χ0n) is 19.5. The summed E-state index contributed by atoms with van der Waals surface area (Å²) in [5.41, 5.74) is 2.47. The molecule has 1 aliphatic carbocycles. The SMILES string of the molecule is O=C1C[C@H](c2ccccc2)N2C(=O)c3ccccc3C(=O)N3[C@H]4[C@@H](C(=O)C[C@@H]3c3ccccc3)[C@@H]1[C@H]42. The van der Waals surface area contributed by atoms with Crippen LogP contribution < -0.4 is 0 Å². The van der Waals surface area contributed by atoms with E-state index in [4.69, 9.17) is 0 Å².